The van der Waals surface area contributed by atoms with Crippen LogP contribution in [0.4, 0.5) is 0 Å². The predicted octanol–water partition coefficient (Wildman–Crippen LogP) is 2.28. The molecule has 1 aliphatic heterocycles. The van der Waals surface area contributed by atoms with Gasteiger partial charge in [-0.2, -0.15) is 0 Å². The van der Waals surface area contributed by atoms with E-state index in [4.69, 9.17) is 0 Å². The van der Waals surface area contributed by atoms with E-state index < -0.39 is 0 Å². The fourth-order valence-electron chi connectivity index (χ4n) is 2.86. The fourth-order valence-corrected chi connectivity index (χ4v) is 3.22. The van der Waals surface area contributed by atoms with Crippen molar-refractivity contribution in [2.75, 3.05) is 19.6 Å². The molecule has 1 atom stereocenters. The van der Waals surface area contributed by atoms with E-state index in [1.54, 1.807) is 6.20 Å². The molecule has 6 heteroatoms. The maximum atomic E-state index is 13.0. The lowest BCUT2D eigenvalue weighted by Gasteiger charge is -2.36. The summed E-state index contributed by atoms with van der Waals surface area (Å²) in [5.74, 6) is 0.974. The zero-order valence-electron chi connectivity index (χ0n) is 12.7. The van der Waals surface area contributed by atoms with Gasteiger partial charge in [-0.05, 0) is 24.6 Å². The van der Waals surface area contributed by atoms with Gasteiger partial charge >= 0.3 is 0 Å². The molecule has 0 saturated carbocycles. The van der Waals surface area contributed by atoms with Crippen molar-refractivity contribution in [3.63, 3.8) is 0 Å². The van der Waals surface area contributed by atoms with Crippen LogP contribution in [0, 0.1) is 6.92 Å². The summed E-state index contributed by atoms with van der Waals surface area (Å²) in [6, 6.07) is 5.78. The molecule has 0 spiro atoms. The molecule has 116 valence electrons. The van der Waals surface area contributed by atoms with Crippen molar-refractivity contribution >= 4 is 21.8 Å². The zero-order chi connectivity index (χ0) is 15.7. The third-order valence-corrected chi connectivity index (χ3v) is 4.58. The van der Waals surface area contributed by atoms with Gasteiger partial charge in [-0.25, -0.2) is 4.98 Å². The van der Waals surface area contributed by atoms with E-state index in [1.165, 1.54) is 0 Å². The Kier molecular flexibility index (Phi) is 4.31. The molecule has 1 aromatic carbocycles. The molecule has 1 N–H and O–H groups in total. The van der Waals surface area contributed by atoms with Crippen molar-refractivity contribution in [1.82, 2.24) is 19.8 Å². The first kappa shape index (κ1) is 15.2. The molecule has 1 unspecified atom stereocenters. The monoisotopic (exact) mass is 362 g/mol. The second-order valence-corrected chi connectivity index (χ2v) is 6.49. The summed E-state index contributed by atoms with van der Waals surface area (Å²) < 4.78 is 2.90. The number of carbonyl (C=O) groups excluding carboxylic acids is 1. The Balaban J connectivity index is 1.95. The molecular formula is C16H19BrN4O. The molecule has 1 aliphatic rings. The quantitative estimate of drug-likeness (QED) is 0.891. The normalized spacial score (nSPS) is 18.5. The van der Waals surface area contributed by atoms with Crippen molar-refractivity contribution in [3.05, 3.63) is 52.0 Å². The predicted molar refractivity (Wildman–Crippen MR) is 88.7 cm³/mol. The van der Waals surface area contributed by atoms with Gasteiger partial charge in [-0.15, -0.1) is 0 Å². The number of rotatable bonds is 2. The molecule has 1 amide bonds. The van der Waals surface area contributed by atoms with Gasteiger partial charge in [0.15, 0.2) is 0 Å². The van der Waals surface area contributed by atoms with Crippen LogP contribution in [0.25, 0.3) is 0 Å². The van der Waals surface area contributed by atoms with E-state index in [9.17, 15) is 4.79 Å². The molecule has 3 rings (SSSR count). The Labute approximate surface area is 138 Å². The summed E-state index contributed by atoms with van der Waals surface area (Å²) in [6.07, 6.45) is 3.69. The van der Waals surface area contributed by atoms with E-state index in [0.717, 1.165) is 34.5 Å². The third-order valence-electron chi connectivity index (χ3n) is 4.09. The standard InChI is InChI=1S/C16H19BrN4O/c1-11-3-4-12(17)9-13(11)16(22)21-8-5-18-10-14(21)15-19-6-7-20(15)2/h3-4,6-7,9,14,18H,5,8,10H2,1-2H3. The van der Waals surface area contributed by atoms with Gasteiger partial charge in [0.05, 0.1) is 0 Å². The van der Waals surface area contributed by atoms with Crippen molar-refractivity contribution in [3.8, 4) is 0 Å². The highest BCUT2D eigenvalue weighted by molar-refractivity contribution is 9.10. The first-order valence-corrected chi connectivity index (χ1v) is 8.12. The molecular weight excluding hydrogens is 344 g/mol. The summed E-state index contributed by atoms with van der Waals surface area (Å²) in [5.41, 5.74) is 1.74. The molecule has 1 fully saturated rings. The van der Waals surface area contributed by atoms with E-state index in [0.29, 0.717) is 6.54 Å². The second-order valence-electron chi connectivity index (χ2n) is 5.57. The van der Waals surface area contributed by atoms with Crippen molar-refractivity contribution in [1.29, 1.82) is 0 Å². The minimum atomic E-state index is -0.0420. The third kappa shape index (κ3) is 2.80. The summed E-state index contributed by atoms with van der Waals surface area (Å²) in [5, 5.41) is 3.36. The smallest absolute Gasteiger partial charge is 0.254 e. The van der Waals surface area contributed by atoms with Gasteiger partial charge in [0.1, 0.15) is 11.9 Å². The number of nitrogens with one attached hydrogen (secondary N) is 1. The van der Waals surface area contributed by atoms with Gasteiger partial charge in [0.25, 0.3) is 5.91 Å². The molecule has 0 radical (unpaired) electrons. The highest BCUT2D eigenvalue weighted by atomic mass is 79.9. The Morgan fingerprint density at radius 3 is 3.00 bits per heavy atom. The van der Waals surface area contributed by atoms with Gasteiger partial charge in [0.2, 0.25) is 0 Å². The Morgan fingerprint density at radius 1 is 1.45 bits per heavy atom. The lowest BCUT2D eigenvalue weighted by Crippen LogP contribution is -2.49. The van der Waals surface area contributed by atoms with Crippen LogP contribution in [0.15, 0.2) is 35.1 Å². The minimum absolute atomic E-state index is 0.0420. The molecule has 1 aromatic heterocycles. The number of aryl methyl sites for hydroxylation is 2. The lowest BCUT2D eigenvalue weighted by atomic mass is 10.1. The van der Waals surface area contributed by atoms with Crippen LogP contribution in [-0.4, -0.2) is 40.0 Å². The SMILES string of the molecule is Cc1ccc(Br)cc1C(=O)N1CCNCC1c1nccn1C. The van der Waals surface area contributed by atoms with Gasteiger partial charge in [-0.1, -0.05) is 22.0 Å². The van der Waals surface area contributed by atoms with Gasteiger partial charge in [0, 0.05) is 49.1 Å². The number of amides is 1. The highest BCUT2D eigenvalue weighted by Gasteiger charge is 2.31. The zero-order valence-corrected chi connectivity index (χ0v) is 14.3. The number of imidazole rings is 1. The average Bonchev–Trinajstić information content (AvgIpc) is 2.95. The Hall–Kier alpha value is -1.66. The van der Waals surface area contributed by atoms with Gasteiger partial charge in [-0.3, -0.25) is 4.79 Å². The summed E-state index contributed by atoms with van der Waals surface area (Å²) in [7, 11) is 1.96. The molecule has 2 aromatic rings. The molecule has 2 heterocycles. The van der Waals surface area contributed by atoms with Crippen LogP contribution in [0.2, 0.25) is 0 Å². The van der Waals surface area contributed by atoms with Crippen LogP contribution in [0.3, 0.4) is 0 Å². The van der Waals surface area contributed by atoms with Crippen LogP contribution >= 0.6 is 15.9 Å². The second kappa shape index (κ2) is 6.22. The number of hydrogen-bond acceptors (Lipinski definition) is 3. The summed E-state index contributed by atoms with van der Waals surface area (Å²) in [4.78, 5) is 19.4. The minimum Gasteiger partial charge on any atom is -0.336 e. The number of aromatic nitrogens is 2. The van der Waals surface area contributed by atoms with E-state index in [1.807, 2.05) is 47.8 Å². The van der Waals surface area contributed by atoms with Crippen LogP contribution in [-0.2, 0) is 7.05 Å². The van der Waals surface area contributed by atoms with Crippen LogP contribution in [0.5, 0.6) is 0 Å². The van der Waals surface area contributed by atoms with Crippen molar-refractivity contribution < 1.29 is 4.79 Å². The first-order chi connectivity index (χ1) is 10.6. The van der Waals surface area contributed by atoms with Crippen molar-refractivity contribution in [2.45, 2.75) is 13.0 Å². The summed E-state index contributed by atoms with van der Waals surface area (Å²) >= 11 is 3.45. The summed E-state index contributed by atoms with van der Waals surface area (Å²) in [6.45, 7) is 4.18. The largest absolute Gasteiger partial charge is 0.336 e. The van der Waals surface area contributed by atoms with E-state index in [2.05, 4.69) is 26.2 Å². The van der Waals surface area contributed by atoms with Crippen LogP contribution < -0.4 is 5.32 Å². The number of carbonyl (C=O) groups is 1. The lowest BCUT2D eigenvalue weighted by molar-refractivity contribution is 0.0620. The molecule has 1 saturated heterocycles. The molecule has 5 nitrogen and oxygen atoms in total. The fraction of sp³-hybridized carbons (Fsp3) is 0.375. The maximum absolute atomic E-state index is 13.0. The topological polar surface area (TPSA) is 50.2 Å². The number of hydrogen-bond donors (Lipinski definition) is 1. The molecule has 22 heavy (non-hydrogen) atoms. The Bertz CT molecular complexity index is 697. The highest BCUT2D eigenvalue weighted by Crippen LogP contribution is 2.25. The first-order valence-electron chi connectivity index (χ1n) is 7.33. The van der Waals surface area contributed by atoms with E-state index in [-0.39, 0.29) is 11.9 Å². The van der Waals surface area contributed by atoms with Crippen LogP contribution in [0.1, 0.15) is 27.8 Å². The Morgan fingerprint density at radius 2 is 2.27 bits per heavy atom. The van der Waals surface area contributed by atoms with Crippen molar-refractivity contribution in [2.24, 2.45) is 7.05 Å². The number of benzene rings is 1. The number of nitrogens with zero attached hydrogens (tertiary/aromatic N) is 3. The number of piperazine rings is 1. The molecule has 0 bridgehead atoms. The van der Waals surface area contributed by atoms with Gasteiger partial charge < -0.3 is 14.8 Å². The average molecular weight is 363 g/mol. The van der Waals surface area contributed by atoms with E-state index >= 15 is 0 Å². The number of halogens is 1. The molecule has 0 aliphatic carbocycles. The maximum Gasteiger partial charge on any atom is 0.254 e.